The number of aliphatic hydroxyl groups excluding tert-OH is 1. The first kappa shape index (κ1) is 21.4. The summed E-state index contributed by atoms with van der Waals surface area (Å²) in [5, 5.41) is 11.6. The van der Waals surface area contributed by atoms with E-state index in [0.29, 0.717) is 27.9 Å². The lowest BCUT2D eigenvalue weighted by molar-refractivity contribution is -0.132. The Labute approximate surface area is 189 Å². The summed E-state index contributed by atoms with van der Waals surface area (Å²) >= 11 is 6.13. The Morgan fingerprint density at radius 2 is 1.72 bits per heavy atom. The number of pyridine rings is 1. The van der Waals surface area contributed by atoms with E-state index >= 15 is 0 Å². The molecule has 7 nitrogen and oxygen atoms in total. The zero-order valence-electron chi connectivity index (χ0n) is 17.3. The second-order valence-corrected chi connectivity index (χ2v) is 7.38. The van der Waals surface area contributed by atoms with Crippen molar-refractivity contribution in [3.8, 4) is 11.5 Å². The number of hydrogen-bond donors (Lipinski definition) is 1. The molecule has 2 aromatic carbocycles. The highest BCUT2D eigenvalue weighted by Gasteiger charge is 2.48. The van der Waals surface area contributed by atoms with Gasteiger partial charge in [0.1, 0.15) is 23.3 Å². The molecule has 1 fully saturated rings. The van der Waals surface area contributed by atoms with Crippen molar-refractivity contribution >= 4 is 34.7 Å². The molecule has 0 spiro atoms. The highest BCUT2D eigenvalue weighted by molar-refractivity contribution is 6.52. The van der Waals surface area contributed by atoms with E-state index in [9.17, 15) is 14.7 Å². The number of aliphatic hydroxyl groups is 1. The molecule has 1 aliphatic heterocycles. The third-order valence-electron chi connectivity index (χ3n) is 5.17. The van der Waals surface area contributed by atoms with E-state index in [1.807, 2.05) is 0 Å². The molecule has 4 rings (SSSR count). The van der Waals surface area contributed by atoms with Gasteiger partial charge >= 0.3 is 0 Å². The average Bonchev–Trinajstić information content (AvgIpc) is 3.09. The lowest BCUT2D eigenvalue weighted by Crippen LogP contribution is -2.30. The number of hydrogen-bond acceptors (Lipinski definition) is 6. The molecule has 1 atom stereocenters. The van der Waals surface area contributed by atoms with Crippen LogP contribution in [0.5, 0.6) is 11.5 Å². The third-order valence-corrected chi connectivity index (χ3v) is 5.41. The first-order chi connectivity index (χ1) is 15.5. The molecule has 1 saturated heterocycles. The van der Waals surface area contributed by atoms with Gasteiger partial charge in [0.05, 0.1) is 36.7 Å². The molecule has 0 bridgehead atoms. The Bertz CT molecular complexity index is 1230. The van der Waals surface area contributed by atoms with Gasteiger partial charge < -0.3 is 14.6 Å². The van der Waals surface area contributed by atoms with Crippen LogP contribution in [-0.2, 0) is 9.59 Å². The van der Waals surface area contributed by atoms with Gasteiger partial charge in [-0.15, -0.1) is 0 Å². The van der Waals surface area contributed by atoms with Gasteiger partial charge in [-0.2, -0.15) is 0 Å². The number of halogens is 1. The van der Waals surface area contributed by atoms with E-state index < -0.39 is 23.5 Å². The normalized spacial score (nSPS) is 17.5. The second kappa shape index (κ2) is 8.72. The Hall–Kier alpha value is -3.84. The number of aromatic nitrogens is 1. The molecule has 0 saturated carbocycles. The molecule has 162 valence electrons. The number of amides is 1. The maximum atomic E-state index is 13.2. The number of anilines is 1. The topological polar surface area (TPSA) is 89.0 Å². The minimum atomic E-state index is -0.990. The largest absolute Gasteiger partial charge is 0.507 e. The summed E-state index contributed by atoms with van der Waals surface area (Å²) in [5.74, 6) is -1.37. The van der Waals surface area contributed by atoms with Crippen LogP contribution in [0.25, 0.3) is 5.76 Å². The van der Waals surface area contributed by atoms with Gasteiger partial charge in [-0.3, -0.25) is 19.5 Å². The van der Waals surface area contributed by atoms with Crippen LogP contribution in [0.2, 0.25) is 5.02 Å². The number of nitrogens with zero attached hydrogens (tertiary/aromatic N) is 2. The molecule has 8 heteroatoms. The lowest BCUT2D eigenvalue weighted by atomic mass is 9.97. The number of Topliss-reactive ketones (excluding diaryl/α,β-unsaturated/α-hetero) is 1. The Morgan fingerprint density at radius 1 is 1.00 bits per heavy atom. The van der Waals surface area contributed by atoms with Gasteiger partial charge in [-0.25, -0.2) is 0 Å². The van der Waals surface area contributed by atoms with Gasteiger partial charge in [0.2, 0.25) is 0 Å². The molecule has 1 amide bonds. The zero-order valence-corrected chi connectivity index (χ0v) is 18.0. The van der Waals surface area contributed by atoms with E-state index in [1.165, 1.54) is 25.2 Å². The summed E-state index contributed by atoms with van der Waals surface area (Å²) in [4.78, 5) is 32.1. The van der Waals surface area contributed by atoms with Gasteiger partial charge in [-0.1, -0.05) is 29.8 Å². The van der Waals surface area contributed by atoms with Crippen LogP contribution in [0.1, 0.15) is 17.3 Å². The van der Waals surface area contributed by atoms with E-state index in [4.69, 9.17) is 21.1 Å². The van der Waals surface area contributed by atoms with Crippen LogP contribution in [0.3, 0.4) is 0 Å². The fraction of sp³-hybridized carbons (Fsp3) is 0.125. The molecular weight excluding hydrogens is 432 g/mol. The van der Waals surface area contributed by atoms with Crippen molar-refractivity contribution in [3.63, 3.8) is 0 Å². The van der Waals surface area contributed by atoms with Crippen LogP contribution < -0.4 is 14.4 Å². The SMILES string of the molecule is COc1ccc(Cl)cc1/C(O)=C1\C(=O)C(=O)N(c2ccccc2OC)C1c1ccccn1. The second-order valence-electron chi connectivity index (χ2n) is 6.94. The molecule has 2 heterocycles. The zero-order chi connectivity index (χ0) is 22.8. The number of carbonyl (C=O) groups excluding carboxylic acids is 2. The fourth-order valence-electron chi connectivity index (χ4n) is 3.74. The molecule has 0 aliphatic carbocycles. The summed E-state index contributed by atoms with van der Waals surface area (Å²) in [6, 6.07) is 15.6. The molecule has 32 heavy (non-hydrogen) atoms. The molecule has 1 unspecified atom stereocenters. The van der Waals surface area contributed by atoms with Crippen molar-refractivity contribution in [2.75, 3.05) is 19.1 Å². The standard InChI is InChI=1S/C24H19ClN2O5/c1-31-18-11-10-14(25)13-15(18)22(28)20-21(16-7-5-6-12-26-16)27(24(30)23(20)29)17-8-3-4-9-19(17)32-2/h3-13,21,28H,1-2H3/b22-20+. The van der Waals surface area contributed by atoms with Gasteiger partial charge in [0, 0.05) is 11.2 Å². The Kier molecular flexibility index (Phi) is 5.83. The molecule has 1 aliphatic rings. The summed E-state index contributed by atoms with van der Waals surface area (Å²) in [7, 11) is 2.91. The van der Waals surface area contributed by atoms with E-state index in [1.54, 1.807) is 60.8 Å². The van der Waals surface area contributed by atoms with Crippen molar-refractivity contribution in [1.82, 2.24) is 4.98 Å². The summed E-state index contributed by atoms with van der Waals surface area (Å²) in [6.07, 6.45) is 1.55. The minimum Gasteiger partial charge on any atom is -0.507 e. The maximum Gasteiger partial charge on any atom is 0.300 e. The Morgan fingerprint density at radius 3 is 2.41 bits per heavy atom. The van der Waals surface area contributed by atoms with Gasteiger partial charge in [0.25, 0.3) is 11.7 Å². The number of para-hydroxylation sites is 2. The highest BCUT2D eigenvalue weighted by atomic mass is 35.5. The number of carbonyl (C=O) groups is 2. The van der Waals surface area contributed by atoms with E-state index in [0.717, 1.165) is 0 Å². The molecule has 1 N–H and O–H groups in total. The van der Waals surface area contributed by atoms with E-state index in [-0.39, 0.29) is 11.1 Å². The maximum absolute atomic E-state index is 13.2. The van der Waals surface area contributed by atoms with E-state index in [2.05, 4.69) is 4.98 Å². The van der Waals surface area contributed by atoms with Crippen LogP contribution in [0, 0.1) is 0 Å². The summed E-state index contributed by atoms with van der Waals surface area (Å²) < 4.78 is 10.8. The van der Waals surface area contributed by atoms with Crippen molar-refractivity contribution in [3.05, 3.63) is 88.7 Å². The van der Waals surface area contributed by atoms with Crippen LogP contribution in [0.4, 0.5) is 5.69 Å². The summed E-state index contributed by atoms with van der Waals surface area (Å²) in [5.41, 5.74) is 0.851. The predicted molar refractivity (Wildman–Crippen MR) is 120 cm³/mol. The number of ether oxygens (including phenoxy) is 2. The van der Waals surface area contributed by atoms with Gasteiger partial charge in [-0.05, 0) is 42.5 Å². The number of benzene rings is 2. The first-order valence-corrected chi connectivity index (χ1v) is 10.0. The first-order valence-electron chi connectivity index (χ1n) is 9.66. The lowest BCUT2D eigenvalue weighted by Gasteiger charge is -2.26. The monoisotopic (exact) mass is 450 g/mol. The molecule has 1 aromatic heterocycles. The average molecular weight is 451 g/mol. The molecule has 3 aromatic rings. The van der Waals surface area contributed by atoms with Crippen LogP contribution in [0.15, 0.2) is 72.4 Å². The van der Waals surface area contributed by atoms with Crippen molar-refractivity contribution in [1.29, 1.82) is 0 Å². The smallest absolute Gasteiger partial charge is 0.300 e. The third kappa shape index (κ3) is 3.56. The minimum absolute atomic E-state index is 0.125. The molecule has 0 radical (unpaired) electrons. The number of ketones is 1. The van der Waals surface area contributed by atoms with Crippen molar-refractivity contribution in [2.45, 2.75) is 6.04 Å². The fourth-order valence-corrected chi connectivity index (χ4v) is 3.91. The summed E-state index contributed by atoms with van der Waals surface area (Å²) in [6.45, 7) is 0. The molecular formula is C24H19ClN2O5. The van der Waals surface area contributed by atoms with Gasteiger partial charge in [0.15, 0.2) is 0 Å². The Balaban J connectivity index is 2.00. The number of rotatable bonds is 5. The van der Waals surface area contributed by atoms with Crippen molar-refractivity contribution in [2.24, 2.45) is 0 Å². The van der Waals surface area contributed by atoms with Crippen LogP contribution >= 0.6 is 11.6 Å². The predicted octanol–water partition coefficient (Wildman–Crippen LogP) is 4.38. The van der Waals surface area contributed by atoms with Crippen LogP contribution in [-0.4, -0.2) is 36.0 Å². The quantitative estimate of drug-likeness (QED) is 0.352. The number of methoxy groups -OCH3 is 2. The highest BCUT2D eigenvalue weighted by Crippen LogP contribution is 2.45. The van der Waals surface area contributed by atoms with Crippen molar-refractivity contribution < 1.29 is 24.2 Å².